The first-order valence-corrected chi connectivity index (χ1v) is 7.93. The van der Waals surface area contributed by atoms with Crippen molar-refractivity contribution in [2.75, 3.05) is 6.54 Å². The van der Waals surface area contributed by atoms with E-state index in [0.29, 0.717) is 18.5 Å². The number of rotatable bonds is 11. The molecule has 23 heavy (non-hydrogen) atoms. The Bertz CT molecular complexity index is 477. The Kier molecular flexibility index (Phi) is 8.94. The van der Waals surface area contributed by atoms with Gasteiger partial charge < -0.3 is 20.6 Å². The van der Waals surface area contributed by atoms with E-state index in [1.54, 1.807) is 30.3 Å². The first-order chi connectivity index (χ1) is 11.0. The second kappa shape index (κ2) is 10.7. The van der Waals surface area contributed by atoms with Gasteiger partial charge in [0.15, 0.2) is 6.10 Å². The van der Waals surface area contributed by atoms with E-state index in [9.17, 15) is 19.8 Å². The van der Waals surface area contributed by atoms with Gasteiger partial charge in [0.05, 0.1) is 0 Å². The SMILES string of the molecule is O=C(O)CCCCCCCNC(=O)C(O)C(O)c1ccccc1. The molecule has 0 radical (unpaired) electrons. The number of nitrogens with one attached hydrogen (secondary N) is 1. The van der Waals surface area contributed by atoms with Crippen LogP contribution < -0.4 is 5.32 Å². The summed E-state index contributed by atoms with van der Waals surface area (Å²) < 4.78 is 0. The largest absolute Gasteiger partial charge is 0.481 e. The zero-order valence-electron chi connectivity index (χ0n) is 13.1. The van der Waals surface area contributed by atoms with Crippen LogP contribution in [0.1, 0.15) is 50.2 Å². The highest BCUT2D eigenvalue weighted by Gasteiger charge is 2.24. The summed E-state index contributed by atoms with van der Waals surface area (Å²) in [6, 6.07) is 8.55. The van der Waals surface area contributed by atoms with Crippen molar-refractivity contribution in [1.29, 1.82) is 0 Å². The topological polar surface area (TPSA) is 107 Å². The number of hydrogen-bond donors (Lipinski definition) is 4. The highest BCUT2D eigenvalue weighted by molar-refractivity contribution is 5.81. The van der Waals surface area contributed by atoms with Crippen molar-refractivity contribution < 1.29 is 24.9 Å². The first kappa shape index (κ1) is 19.1. The van der Waals surface area contributed by atoms with Gasteiger partial charge in [-0.25, -0.2) is 0 Å². The quantitative estimate of drug-likeness (QED) is 0.463. The lowest BCUT2D eigenvalue weighted by Crippen LogP contribution is -2.38. The van der Waals surface area contributed by atoms with Gasteiger partial charge in [0.1, 0.15) is 6.10 Å². The van der Waals surface area contributed by atoms with Crippen LogP contribution in [0.3, 0.4) is 0 Å². The molecule has 1 amide bonds. The first-order valence-electron chi connectivity index (χ1n) is 7.93. The van der Waals surface area contributed by atoms with E-state index in [0.717, 1.165) is 25.7 Å². The highest BCUT2D eigenvalue weighted by Crippen LogP contribution is 2.16. The lowest BCUT2D eigenvalue weighted by Gasteiger charge is -2.17. The molecule has 0 saturated heterocycles. The maximum atomic E-state index is 11.8. The summed E-state index contributed by atoms with van der Waals surface area (Å²) in [5.41, 5.74) is 0.494. The molecule has 0 bridgehead atoms. The molecule has 1 aromatic carbocycles. The molecule has 0 fully saturated rings. The molecule has 6 nitrogen and oxygen atoms in total. The number of unbranched alkanes of at least 4 members (excludes halogenated alkanes) is 4. The summed E-state index contributed by atoms with van der Waals surface area (Å²) in [6.07, 6.45) is 1.54. The normalized spacial score (nSPS) is 13.3. The van der Waals surface area contributed by atoms with Gasteiger partial charge in [0, 0.05) is 13.0 Å². The summed E-state index contributed by atoms with van der Waals surface area (Å²) in [6.45, 7) is 0.427. The Morgan fingerprint density at radius 3 is 2.22 bits per heavy atom. The van der Waals surface area contributed by atoms with Crippen LogP contribution in [0.15, 0.2) is 30.3 Å². The van der Waals surface area contributed by atoms with Crippen LogP contribution in [0.4, 0.5) is 0 Å². The van der Waals surface area contributed by atoms with Gasteiger partial charge >= 0.3 is 5.97 Å². The zero-order chi connectivity index (χ0) is 17.1. The fraction of sp³-hybridized carbons (Fsp3) is 0.529. The Hall–Kier alpha value is -1.92. The van der Waals surface area contributed by atoms with Gasteiger partial charge in [-0.3, -0.25) is 9.59 Å². The molecule has 0 saturated carbocycles. The maximum Gasteiger partial charge on any atom is 0.303 e. The molecular weight excluding hydrogens is 298 g/mol. The van der Waals surface area contributed by atoms with Crippen molar-refractivity contribution in [1.82, 2.24) is 5.32 Å². The van der Waals surface area contributed by atoms with Crippen LogP contribution in [-0.2, 0) is 9.59 Å². The Morgan fingerprint density at radius 2 is 1.57 bits per heavy atom. The molecule has 4 N–H and O–H groups in total. The van der Waals surface area contributed by atoms with Crippen LogP contribution >= 0.6 is 0 Å². The van der Waals surface area contributed by atoms with E-state index in [-0.39, 0.29) is 6.42 Å². The number of carbonyl (C=O) groups excluding carboxylic acids is 1. The van der Waals surface area contributed by atoms with Crippen molar-refractivity contribution in [2.45, 2.75) is 50.7 Å². The summed E-state index contributed by atoms with van der Waals surface area (Å²) in [7, 11) is 0. The maximum absolute atomic E-state index is 11.8. The summed E-state index contributed by atoms with van der Waals surface area (Å²) in [5.74, 6) is -1.37. The summed E-state index contributed by atoms with van der Waals surface area (Å²) in [4.78, 5) is 22.1. The Balaban J connectivity index is 2.15. The van der Waals surface area contributed by atoms with Gasteiger partial charge in [-0.2, -0.15) is 0 Å². The molecular formula is C17H25NO5. The van der Waals surface area contributed by atoms with Gasteiger partial charge in [-0.15, -0.1) is 0 Å². The fourth-order valence-corrected chi connectivity index (χ4v) is 2.22. The molecule has 1 aromatic rings. The number of carbonyl (C=O) groups is 2. The number of aliphatic hydroxyl groups excluding tert-OH is 2. The summed E-state index contributed by atoms with van der Waals surface area (Å²) >= 11 is 0. The van der Waals surface area contributed by atoms with Gasteiger partial charge in [-0.05, 0) is 18.4 Å². The number of aliphatic carboxylic acids is 1. The fourth-order valence-electron chi connectivity index (χ4n) is 2.22. The number of carboxylic acid groups (broad SMARTS) is 1. The van der Waals surface area contributed by atoms with Crippen molar-refractivity contribution in [3.8, 4) is 0 Å². The van der Waals surface area contributed by atoms with Gasteiger partial charge in [-0.1, -0.05) is 49.6 Å². The summed E-state index contributed by atoms with van der Waals surface area (Å²) in [5, 5.41) is 30.9. The molecule has 0 heterocycles. The number of benzene rings is 1. The molecule has 128 valence electrons. The van der Waals surface area contributed by atoms with Crippen LogP contribution in [0.2, 0.25) is 0 Å². The molecule has 0 aliphatic rings. The average Bonchev–Trinajstić information content (AvgIpc) is 2.56. The number of carboxylic acids is 1. The van der Waals surface area contributed by atoms with Crippen molar-refractivity contribution in [3.05, 3.63) is 35.9 Å². The van der Waals surface area contributed by atoms with E-state index in [1.807, 2.05) is 0 Å². The third-order valence-electron chi connectivity index (χ3n) is 3.58. The monoisotopic (exact) mass is 323 g/mol. The predicted molar refractivity (Wildman–Crippen MR) is 85.8 cm³/mol. The number of amides is 1. The second-order valence-corrected chi connectivity index (χ2v) is 5.50. The molecule has 2 atom stereocenters. The van der Waals surface area contributed by atoms with E-state index < -0.39 is 24.1 Å². The molecule has 0 aliphatic carbocycles. The molecule has 0 spiro atoms. The third-order valence-corrected chi connectivity index (χ3v) is 3.58. The smallest absolute Gasteiger partial charge is 0.303 e. The van der Waals surface area contributed by atoms with E-state index in [4.69, 9.17) is 5.11 Å². The van der Waals surface area contributed by atoms with Crippen LogP contribution in [0.5, 0.6) is 0 Å². The minimum Gasteiger partial charge on any atom is -0.481 e. The molecule has 0 aliphatic heterocycles. The Labute approximate surface area is 136 Å². The Morgan fingerprint density at radius 1 is 0.957 bits per heavy atom. The predicted octanol–water partition coefficient (Wildman–Crippen LogP) is 1.62. The second-order valence-electron chi connectivity index (χ2n) is 5.50. The van der Waals surface area contributed by atoms with Crippen LogP contribution in [0.25, 0.3) is 0 Å². The van der Waals surface area contributed by atoms with E-state index >= 15 is 0 Å². The van der Waals surface area contributed by atoms with Crippen LogP contribution in [-0.4, -0.2) is 39.8 Å². The molecule has 2 unspecified atom stereocenters. The van der Waals surface area contributed by atoms with E-state index in [2.05, 4.69) is 5.32 Å². The zero-order valence-corrected chi connectivity index (χ0v) is 13.1. The lowest BCUT2D eigenvalue weighted by atomic mass is 10.0. The minimum absolute atomic E-state index is 0.195. The molecule has 0 aromatic heterocycles. The van der Waals surface area contributed by atoms with Crippen molar-refractivity contribution >= 4 is 11.9 Å². The number of aliphatic hydroxyl groups is 2. The van der Waals surface area contributed by atoms with E-state index in [1.165, 1.54) is 0 Å². The number of hydrogen-bond acceptors (Lipinski definition) is 4. The van der Waals surface area contributed by atoms with Crippen molar-refractivity contribution in [2.24, 2.45) is 0 Å². The van der Waals surface area contributed by atoms with Gasteiger partial charge in [0.2, 0.25) is 0 Å². The molecule has 1 rings (SSSR count). The van der Waals surface area contributed by atoms with Gasteiger partial charge in [0.25, 0.3) is 5.91 Å². The average molecular weight is 323 g/mol. The minimum atomic E-state index is -1.49. The third kappa shape index (κ3) is 7.76. The van der Waals surface area contributed by atoms with Crippen LogP contribution in [0, 0.1) is 0 Å². The standard InChI is InChI=1S/C17H25NO5/c19-14(20)11-7-2-1-3-8-12-18-17(23)16(22)15(21)13-9-5-4-6-10-13/h4-6,9-10,15-16,21-22H,1-3,7-8,11-12H2,(H,18,23)(H,19,20). The van der Waals surface area contributed by atoms with Crippen molar-refractivity contribution in [3.63, 3.8) is 0 Å². The lowest BCUT2D eigenvalue weighted by molar-refractivity contribution is -0.137. The highest BCUT2D eigenvalue weighted by atomic mass is 16.4. The molecule has 6 heteroatoms.